The van der Waals surface area contributed by atoms with Crippen LogP contribution in [-0.2, 0) is 13.1 Å². The molecule has 5 nitrogen and oxygen atoms in total. The Hall–Kier alpha value is -2.05. The van der Waals surface area contributed by atoms with Crippen molar-refractivity contribution >= 4 is 7.98 Å². The van der Waals surface area contributed by atoms with Crippen LogP contribution in [0, 0.1) is 0 Å². The zero-order chi connectivity index (χ0) is 18.6. The van der Waals surface area contributed by atoms with Gasteiger partial charge in [0.25, 0.3) is 0 Å². The maximum atomic E-state index is 6.42. The first-order valence-electron chi connectivity index (χ1n) is 9.73. The second-order valence-electron chi connectivity index (χ2n) is 7.47. The quantitative estimate of drug-likeness (QED) is 0.764. The molecule has 3 heterocycles. The molecule has 2 aromatic rings. The molecule has 1 aromatic carbocycles. The van der Waals surface area contributed by atoms with E-state index in [0.29, 0.717) is 31.8 Å². The fourth-order valence-corrected chi connectivity index (χ4v) is 3.94. The number of nitrogens with zero attached hydrogens (tertiary/aromatic N) is 3. The Labute approximate surface area is 162 Å². The van der Waals surface area contributed by atoms with Crippen LogP contribution in [0.25, 0.3) is 0 Å². The molecule has 2 atom stereocenters. The monoisotopic (exact) mass is 363 g/mol. The molecule has 1 fully saturated rings. The summed E-state index contributed by atoms with van der Waals surface area (Å²) < 4.78 is 11.2. The van der Waals surface area contributed by atoms with Gasteiger partial charge in [-0.05, 0) is 25.3 Å². The summed E-state index contributed by atoms with van der Waals surface area (Å²) in [5, 5.41) is 0. The van der Waals surface area contributed by atoms with Gasteiger partial charge in [0.15, 0.2) is 19.5 Å². The first kappa shape index (κ1) is 18.3. The minimum absolute atomic E-state index is 0.363. The topological polar surface area (TPSA) is 37.8 Å². The molecule has 0 bridgehead atoms. The minimum atomic E-state index is 0.363. The summed E-state index contributed by atoms with van der Waals surface area (Å²) in [5.41, 5.74) is 2.29. The Kier molecular flexibility index (Phi) is 5.65. The van der Waals surface area contributed by atoms with E-state index in [4.69, 9.17) is 17.5 Å². The molecular formula is C21H26BN3O2. The van der Waals surface area contributed by atoms with Gasteiger partial charge in [0, 0.05) is 37.8 Å². The van der Waals surface area contributed by atoms with E-state index in [0.717, 1.165) is 43.1 Å². The molecule has 0 saturated carbocycles. The summed E-state index contributed by atoms with van der Waals surface area (Å²) in [6.45, 7) is 6.14. The SMILES string of the molecule is [B]N(Cc1cc2c(cn1)OCCO2)C1CCN(Cc2ccccc2)C(C)C1. The highest BCUT2D eigenvalue weighted by molar-refractivity contribution is 6.04. The maximum absolute atomic E-state index is 6.42. The van der Waals surface area contributed by atoms with E-state index in [-0.39, 0.29) is 0 Å². The number of fused-ring (bicyclic) bond motifs is 1. The lowest BCUT2D eigenvalue weighted by Crippen LogP contribution is -2.47. The van der Waals surface area contributed by atoms with Crippen LogP contribution in [0.2, 0.25) is 0 Å². The summed E-state index contributed by atoms with van der Waals surface area (Å²) >= 11 is 0. The number of aromatic nitrogens is 1. The summed E-state index contributed by atoms with van der Waals surface area (Å²) in [4.78, 5) is 8.96. The van der Waals surface area contributed by atoms with Crippen LogP contribution in [0.5, 0.6) is 11.5 Å². The van der Waals surface area contributed by atoms with Crippen LogP contribution in [0.1, 0.15) is 31.0 Å². The molecule has 4 rings (SSSR count). The molecule has 2 radical (unpaired) electrons. The van der Waals surface area contributed by atoms with E-state index in [9.17, 15) is 0 Å². The third-order valence-electron chi connectivity index (χ3n) is 5.51. The van der Waals surface area contributed by atoms with Crippen molar-refractivity contribution in [1.82, 2.24) is 14.7 Å². The number of hydrogen-bond acceptors (Lipinski definition) is 5. The Balaban J connectivity index is 1.33. The Morgan fingerprint density at radius 1 is 1.19 bits per heavy atom. The average molecular weight is 363 g/mol. The third-order valence-corrected chi connectivity index (χ3v) is 5.51. The first-order valence-corrected chi connectivity index (χ1v) is 9.73. The van der Waals surface area contributed by atoms with Gasteiger partial charge in [-0.15, -0.1) is 0 Å². The van der Waals surface area contributed by atoms with Gasteiger partial charge in [-0.1, -0.05) is 30.3 Å². The van der Waals surface area contributed by atoms with Crippen molar-refractivity contribution in [2.45, 2.75) is 44.9 Å². The van der Waals surface area contributed by atoms with Gasteiger partial charge in [-0.2, -0.15) is 0 Å². The molecule has 0 N–H and O–H groups in total. The molecule has 6 heteroatoms. The van der Waals surface area contributed by atoms with Gasteiger partial charge in [0.05, 0.1) is 11.9 Å². The number of hydrogen-bond donors (Lipinski definition) is 0. The number of piperidine rings is 1. The standard InChI is InChI=1S/C21H26BN3O2/c1-16-11-19(7-8-24(16)14-17-5-3-2-4-6-17)25(22)15-18-12-20-21(13-23-18)27-10-9-26-20/h2-6,12-13,16,19H,7-11,14-15H2,1H3. The molecule has 0 amide bonds. The molecule has 0 spiro atoms. The number of benzene rings is 1. The summed E-state index contributed by atoms with van der Waals surface area (Å²) in [5.74, 6) is 1.49. The third kappa shape index (κ3) is 4.45. The summed E-state index contributed by atoms with van der Waals surface area (Å²) in [7, 11) is 6.42. The van der Waals surface area contributed by atoms with Crippen molar-refractivity contribution in [3.8, 4) is 11.5 Å². The fraction of sp³-hybridized carbons (Fsp3) is 0.476. The fourth-order valence-electron chi connectivity index (χ4n) is 3.94. The maximum Gasteiger partial charge on any atom is 0.183 e. The van der Waals surface area contributed by atoms with Crippen molar-refractivity contribution in [2.75, 3.05) is 19.8 Å². The van der Waals surface area contributed by atoms with Gasteiger partial charge in [0.1, 0.15) is 13.2 Å². The van der Waals surface area contributed by atoms with Crippen LogP contribution in [-0.4, -0.2) is 54.5 Å². The normalized spacial score (nSPS) is 22.7. The molecular weight excluding hydrogens is 337 g/mol. The van der Waals surface area contributed by atoms with Crippen molar-refractivity contribution in [3.63, 3.8) is 0 Å². The lowest BCUT2D eigenvalue weighted by molar-refractivity contribution is 0.100. The van der Waals surface area contributed by atoms with Crippen LogP contribution >= 0.6 is 0 Å². The zero-order valence-corrected chi connectivity index (χ0v) is 15.9. The van der Waals surface area contributed by atoms with Crippen LogP contribution < -0.4 is 9.47 Å². The summed E-state index contributed by atoms with van der Waals surface area (Å²) in [6, 6.07) is 13.5. The highest BCUT2D eigenvalue weighted by Crippen LogP contribution is 2.30. The lowest BCUT2D eigenvalue weighted by atomic mass is 9.94. The Morgan fingerprint density at radius 2 is 1.96 bits per heavy atom. The van der Waals surface area contributed by atoms with Crippen LogP contribution in [0.3, 0.4) is 0 Å². The predicted octanol–water partition coefficient (Wildman–Crippen LogP) is 2.79. The Bertz CT molecular complexity index is 758. The van der Waals surface area contributed by atoms with E-state index in [1.165, 1.54) is 5.56 Å². The van der Waals surface area contributed by atoms with E-state index >= 15 is 0 Å². The average Bonchev–Trinajstić information content (AvgIpc) is 2.70. The van der Waals surface area contributed by atoms with E-state index in [1.807, 2.05) is 10.9 Å². The van der Waals surface area contributed by atoms with Crippen molar-refractivity contribution in [3.05, 3.63) is 53.9 Å². The van der Waals surface area contributed by atoms with Gasteiger partial charge >= 0.3 is 0 Å². The van der Waals surface area contributed by atoms with Crippen LogP contribution in [0.15, 0.2) is 42.6 Å². The second-order valence-corrected chi connectivity index (χ2v) is 7.47. The largest absolute Gasteiger partial charge is 0.486 e. The molecule has 1 aromatic heterocycles. The second kappa shape index (κ2) is 8.32. The summed E-state index contributed by atoms with van der Waals surface area (Å²) in [6.07, 6.45) is 3.87. The van der Waals surface area contributed by atoms with E-state index in [1.54, 1.807) is 6.20 Å². The number of rotatable bonds is 5. The molecule has 27 heavy (non-hydrogen) atoms. The van der Waals surface area contributed by atoms with E-state index in [2.05, 4.69) is 47.1 Å². The van der Waals surface area contributed by atoms with Crippen molar-refractivity contribution < 1.29 is 9.47 Å². The minimum Gasteiger partial charge on any atom is -0.486 e. The van der Waals surface area contributed by atoms with Crippen molar-refractivity contribution in [1.29, 1.82) is 0 Å². The van der Waals surface area contributed by atoms with Gasteiger partial charge in [0.2, 0.25) is 0 Å². The smallest absolute Gasteiger partial charge is 0.183 e. The highest BCUT2D eigenvalue weighted by atomic mass is 16.6. The van der Waals surface area contributed by atoms with Gasteiger partial charge < -0.3 is 14.3 Å². The van der Waals surface area contributed by atoms with Gasteiger partial charge in [-0.25, -0.2) is 0 Å². The predicted molar refractivity (Wildman–Crippen MR) is 106 cm³/mol. The lowest BCUT2D eigenvalue weighted by Gasteiger charge is -2.41. The molecule has 2 unspecified atom stereocenters. The van der Waals surface area contributed by atoms with Gasteiger partial charge in [-0.3, -0.25) is 9.88 Å². The first-order chi connectivity index (χ1) is 13.2. The van der Waals surface area contributed by atoms with Crippen molar-refractivity contribution in [2.24, 2.45) is 0 Å². The molecule has 2 aliphatic heterocycles. The zero-order valence-electron chi connectivity index (χ0n) is 15.9. The molecule has 2 aliphatic rings. The molecule has 1 saturated heterocycles. The number of likely N-dealkylation sites (tertiary alicyclic amines) is 1. The molecule has 140 valence electrons. The highest BCUT2D eigenvalue weighted by Gasteiger charge is 2.27. The molecule has 0 aliphatic carbocycles. The number of pyridine rings is 1. The van der Waals surface area contributed by atoms with Crippen LogP contribution in [0.4, 0.5) is 0 Å². The Morgan fingerprint density at radius 3 is 2.74 bits per heavy atom. The van der Waals surface area contributed by atoms with E-state index < -0.39 is 0 Å². The number of ether oxygens (including phenoxy) is 2.